The maximum Gasteiger partial charge on any atom is 0.135 e. The molecule has 9 aromatic carbocycles. The number of para-hydroxylation sites is 4. The van der Waals surface area contributed by atoms with Crippen LogP contribution in [0, 0.1) is 24.6 Å². The van der Waals surface area contributed by atoms with Crippen LogP contribution in [0.5, 0.6) is 11.5 Å². The first kappa shape index (κ1) is 45.4. The number of ether oxygens (including phenoxy) is 1. The fourth-order valence-electron chi connectivity index (χ4n) is 9.66. The average molecular weight is 1100 g/mol. The van der Waals surface area contributed by atoms with Crippen LogP contribution in [-0.4, -0.2) is 9.55 Å². The van der Waals surface area contributed by atoms with Crippen LogP contribution in [-0.2, 0) is 26.5 Å². The second-order valence-corrected chi connectivity index (χ2v) is 18.7. The summed E-state index contributed by atoms with van der Waals surface area (Å²) in [6, 6.07) is 79.4. The summed E-state index contributed by atoms with van der Waals surface area (Å²) in [6.45, 7) is 8.79. The number of hydrogen-bond acceptors (Lipinski definition) is 4. The molecule has 11 aromatic rings. The second kappa shape index (κ2) is 18.7. The first-order valence-corrected chi connectivity index (χ1v) is 23.5. The zero-order valence-electron chi connectivity index (χ0n) is 39.3. The molecule has 0 radical (unpaired) electrons. The molecular weight excluding hydrogens is 1050 g/mol. The maximum atomic E-state index is 14.4. The third-order valence-corrected chi connectivity index (χ3v) is 13.2. The van der Waals surface area contributed by atoms with Gasteiger partial charge in [0.25, 0.3) is 0 Å². The van der Waals surface area contributed by atoms with Gasteiger partial charge in [-0.3, -0.25) is 0 Å². The van der Waals surface area contributed by atoms with Crippen molar-refractivity contribution in [1.82, 2.24) is 9.55 Å². The average Bonchev–Trinajstić information content (AvgIpc) is 3.95. The molecule has 2 aromatic heterocycles. The molecule has 0 saturated heterocycles. The molecule has 348 valence electrons. The summed E-state index contributed by atoms with van der Waals surface area (Å²) in [4.78, 5) is 9.32. The number of anilines is 4. The molecule has 1 aliphatic rings. The van der Waals surface area contributed by atoms with E-state index in [1.807, 2.05) is 36.5 Å². The molecule has 0 aliphatic carbocycles. The van der Waals surface area contributed by atoms with Crippen molar-refractivity contribution in [2.24, 2.45) is 0 Å². The Hall–Kier alpha value is -8.05. The van der Waals surface area contributed by atoms with Gasteiger partial charge in [-0.2, -0.15) is 6.07 Å². The summed E-state index contributed by atoms with van der Waals surface area (Å²) < 4.78 is 23.5. The van der Waals surface area contributed by atoms with Crippen molar-refractivity contribution >= 4 is 44.6 Å². The summed E-state index contributed by atoms with van der Waals surface area (Å²) in [7, 11) is 0. The van der Waals surface area contributed by atoms with E-state index < -0.39 is 0 Å². The molecule has 71 heavy (non-hydrogen) atoms. The Morgan fingerprint density at radius 1 is 0.507 bits per heavy atom. The third-order valence-electron chi connectivity index (χ3n) is 13.2. The van der Waals surface area contributed by atoms with Crippen LogP contribution in [0.15, 0.2) is 219 Å². The van der Waals surface area contributed by atoms with E-state index in [9.17, 15) is 4.39 Å². The largest absolute Gasteiger partial charge is 0.509 e. The Morgan fingerprint density at radius 3 is 1.80 bits per heavy atom. The van der Waals surface area contributed by atoms with Gasteiger partial charge in [0.05, 0.1) is 0 Å². The van der Waals surface area contributed by atoms with Crippen LogP contribution in [0.2, 0.25) is 0 Å². The molecule has 1 aliphatic heterocycles. The minimum atomic E-state index is -0.278. The van der Waals surface area contributed by atoms with Gasteiger partial charge in [0, 0.05) is 72.5 Å². The van der Waals surface area contributed by atoms with Crippen molar-refractivity contribution < 1.29 is 30.2 Å². The van der Waals surface area contributed by atoms with Gasteiger partial charge in [-0.15, -0.1) is 53.6 Å². The number of fused-ring (bicyclic) bond motifs is 4. The summed E-state index contributed by atoms with van der Waals surface area (Å²) >= 11 is 0. The molecule has 0 N–H and O–H groups in total. The van der Waals surface area contributed by atoms with Gasteiger partial charge in [-0.1, -0.05) is 172 Å². The van der Waals surface area contributed by atoms with Crippen molar-refractivity contribution in [1.29, 1.82) is 0 Å². The summed E-state index contributed by atoms with van der Waals surface area (Å²) in [6.07, 6.45) is 1.89. The van der Waals surface area contributed by atoms with E-state index in [-0.39, 0.29) is 32.3 Å². The van der Waals surface area contributed by atoms with Crippen LogP contribution in [0.4, 0.5) is 27.1 Å². The van der Waals surface area contributed by atoms with Crippen LogP contribution in [0.25, 0.3) is 72.1 Å². The van der Waals surface area contributed by atoms with Gasteiger partial charge < -0.3 is 19.1 Å². The van der Waals surface area contributed by atoms with Crippen molar-refractivity contribution in [3.8, 4) is 61.8 Å². The Labute approximate surface area is 428 Å². The molecule has 0 fully saturated rings. The van der Waals surface area contributed by atoms with E-state index in [4.69, 9.17) is 9.72 Å². The van der Waals surface area contributed by atoms with Gasteiger partial charge in [-0.05, 0) is 86.6 Å². The van der Waals surface area contributed by atoms with Crippen molar-refractivity contribution in [3.63, 3.8) is 0 Å². The Kier molecular flexibility index (Phi) is 12.0. The van der Waals surface area contributed by atoms with Gasteiger partial charge in [-0.25, -0.2) is 9.37 Å². The van der Waals surface area contributed by atoms with E-state index >= 15 is 0 Å². The van der Waals surface area contributed by atoms with Gasteiger partial charge in [0.15, 0.2) is 0 Å². The fourth-order valence-corrected chi connectivity index (χ4v) is 9.66. The van der Waals surface area contributed by atoms with Crippen LogP contribution < -0.4 is 14.5 Å². The molecule has 0 bridgehead atoms. The Balaban J connectivity index is 0.00000547. The third kappa shape index (κ3) is 8.59. The topological polar surface area (TPSA) is 33.5 Å². The summed E-state index contributed by atoms with van der Waals surface area (Å²) in [5, 5.41) is 2.17. The predicted molar refractivity (Wildman–Crippen MR) is 285 cm³/mol. The normalized spacial score (nSPS) is 12.3. The van der Waals surface area contributed by atoms with E-state index in [0.717, 1.165) is 94.9 Å². The molecule has 5 nitrogen and oxygen atoms in total. The minimum absolute atomic E-state index is 0. The molecule has 12 rings (SSSR count). The zero-order valence-corrected chi connectivity index (χ0v) is 41.5. The number of rotatable bonds is 9. The number of aromatic nitrogens is 2. The summed E-state index contributed by atoms with van der Waals surface area (Å²) in [5.74, 6) is 1.63. The molecule has 0 saturated carbocycles. The smallest absolute Gasteiger partial charge is 0.135 e. The van der Waals surface area contributed by atoms with E-state index in [0.29, 0.717) is 11.5 Å². The standard InChI is InChI=1S/C64H46FN4O.Pt/c1-64(2,3)49-35-36-66-62(39-49)69-58-22-11-10-19-56(58)57-34-33-52(41-61(57)69)70-53-38-48(45-27-25-44(26-28-45)43-15-6-4-7-16-43)37-51(40-53)67-42-68(60-24-13-12-23-59(60)67)63-54(46-17-8-5-9-18-46)20-14-21-55(63)47-29-31-50(65)32-30-47;/h4-39,42H,1-3H3;/q-3;. The monoisotopic (exact) mass is 1100 g/mol. The van der Waals surface area contributed by atoms with Crippen molar-refractivity contribution in [2.45, 2.75) is 26.2 Å². The van der Waals surface area contributed by atoms with Crippen LogP contribution in [0.1, 0.15) is 26.3 Å². The number of hydrogen-bond donors (Lipinski definition) is 0. The number of benzene rings is 9. The maximum absolute atomic E-state index is 14.4. The molecule has 0 atom stereocenters. The van der Waals surface area contributed by atoms with E-state index in [2.05, 4.69) is 224 Å². The fraction of sp³-hybridized carbons (Fsp3) is 0.0625. The molecule has 3 heterocycles. The number of nitrogens with zero attached hydrogens (tertiary/aromatic N) is 4. The predicted octanol–water partition coefficient (Wildman–Crippen LogP) is 17.1. The van der Waals surface area contributed by atoms with Gasteiger partial charge >= 0.3 is 0 Å². The number of halogens is 1. The molecule has 0 unspecified atom stereocenters. The first-order valence-electron chi connectivity index (χ1n) is 23.5. The zero-order chi connectivity index (χ0) is 47.3. The summed E-state index contributed by atoms with van der Waals surface area (Å²) in [5.41, 5.74) is 15.0. The van der Waals surface area contributed by atoms with Crippen LogP contribution in [0.3, 0.4) is 0 Å². The minimum Gasteiger partial charge on any atom is -0.509 e. The van der Waals surface area contributed by atoms with Gasteiger partial charge in [0.2, 0.25) is 0 Å². The Morgan fingerprint density at radius 2 is 1.10 bits per heavy atom. The van der Waals surface area contributed by atoms with Crippen LogP contribution >= 0.6 is 0 Å². The second-order valence-electron chi connectivity index (χ2n) is 18.7. The number of pyridine rings is 1. The first-order chi connectivity index (χ1) is 34.2. The molecular formula is C64H46FN4OPt-3. The van der Waals surface area contributed by atoms with Crippen molar-refractivity contribution in [2.75, 3.05) is 9.80 Å². The molecule has 0 spiro atoms. The molecule has 7 heteroatoms. The van der Waals surface area contributed by atoms with Gasteiger partial charge in [0.1, 0.15) is 11.6 Å². The molecule has 0 amide bonds. The van der Waals surface area contributed by atoms with Crippen molar-refractivity contribution in [3.05, 3.63) is 249 Å². The van der Waals surface area contributed by atoms with E-state index in [1.165, 1.54) is 17.7 Å². The van der Waals surface area contributed by atoms with E-state index in [1.54, 1.807) is 0 Å². The SMILES string of the molecule is CC(C)(C)c1ccnc(-n2c3[c-]c(Oc4[c-]c(N5[CH-]N(c6c(-c7ccccc7)cccc6-c6ccc(F)cc6)c6ccccc65)cc(-c5ccc(-c6ccccc6)cc5)c4)ccc3c3ccccc32)c1.[Pt]. The Bertz CT molecular complexity index is 3720. The quantitative estimate of drug-likeness (QED) is 0.135.